The normalized spacial score (nSPS) is 9.81. The quantitative estimate of drug-likeness (QED) is 0.435. The molecule has 91 valence electrons. The molecule has 0 aliphatic heterocycles. The molecule has 0 atom stereocenters. The zero-order valence-corrected chi connectivity index (χ0v) is 13.1. The van der Waals surface area contributed by atoms with E-state index in [9.17, 15) is 4.79 Å². The van der Waals surface area contributed by atoms with Crippen molar-refractivity contribution in [3.05, 3.63) is 0 Å². The SMILES string of the molecule is CCCCCCCCCCCCC(=O)O.[Na]. The zero-order valence-electron chi connectivity index (χ0n) is 11.1. The van der Waals surface area contributed by atoms with Gasteiger partial charge in [-0.15, -0.1) is 0 Å². The minimum Gasteiger partial charge on any atom is -0.481 e. The molecule has 1 N–H and O–H groups in total. The number of hydrogen-bond donors (Lipinski definition) is 1. The molecule has 0 spiro atoms. The number of unbranched alkanes of at least 4 members (excludes halogenated alkanes) is 9. The van der Waals surface area contributed by atoms with Gasteiger partial charge < -0.3 is 5.11 Å². The molecule has 0 aromatic heterocycles. The van der Waals surface area contributed by atoms with E-state index in [2.05, 4.69) is 6.92 Å². The number of aliphatic carboxylic acids is 1. The maximum absolute atomic E-state index is 10.2. The Balaban J connectivity index is 0. The van der Waals surface area contributed by atoms with Gasteiger partial charge in [-0.2, -0.15) is 0 Å². The van der Waals surface area contributed by atoms with Crippen molar-refractivity contribution in [2.45, 2.75) is 77.6 Å². The molecule has 0 saturated carbocycles. The molecule has 0 amide bonds. The second-order valence-electron chi connectivity index (χ2n) is 4.33. The van der Waals surface area contributed by atoms with Gasteiger partial charge in [0.15, 0.2) is 0 Å². The molecule has 0 aliphatic rings. The summed E-state index contributed by atoms with van der Waals surface area (Å²) in [5.41, 5.74) is 0. The van der Waals surface area contributed by atoms with Crippen molar-refractivity contribution < 1.29 is 9.90 Å². The van der Waals surface area contributed by atoms with Crippen LogP contribution in [0.3, 0.4) is 0 Å². The Morgan fingerprint density at radius 2 is 1.19 bits per heavy atom. The molecule has 0 bridgehead atoms. The molecule has 0 rings (SSSR count). The second kappa shape index (κ2) is 15.5. The van der Waals surface area contributed by atoms with E-state index in [1.54, 1.807) is 0 Å². The van der Waals surface area contributed by atoms with Crippen LogP contribution in [0.1, 0.15) is 77.6 Å². The number of rotatable bonds is 11. The first-order valence-corrected chi connectivity index (χ1v) is 6.49. The Labute approximate surface area is 122 Å². The third-order valence-corrected chi connectivity index (χ3v) is 2.74. The van der Waals surface area contributed by atoms with Crippen molar-refractivity contribution in [1.29, 1.82) is 0 Å². The van der Waals surface area contributed by atoms with Crippen LogP contribution in [0.25, 0.3) is 0 Å². The first-order valence-electron chi connectivity index (χ1n) is 6.49. The fraction of sp³-hybridized carbons (Fsp3) is 0.923. The fourth-order valence-electron chi connectivity index (χ4n) is 1.76. The van der Waals surface area contributed by atoms with Crippen LogP contribution in [-0.4, -0.2) is 40.6 Å². The Kier molecular flexibility index (Phi) is 18.2. The van der Waals surface area contributed by atoms with E-state index in [1.807, 2.05) is 0 Å². The Morgan fingerprint density at radius 1 is 0.812 bits per heavy atom. The monoisotopic (exact) mass is 237 g/mol. The largest absolute Gasteiger partial charge is 0.481 e. The minimum atomic E-state index is -0.658. The molecule has 2 nitrogen and oxygen atoms in total. The summed E-state index contributed by atoms with van der Waals surface area (Å²) in [6.07, 6.45) is 12.9. The molecule has 0 aromatic rings. The van der Waals surface area contributed by atoms with E-state index >= 15 is 0 Å². The van der Waals surface area contributed by atoms with Gasteiger partial charge in [0.05, 0.1) is 0 Å². The molecular weight excluding hydrogens is 211 g/mol. The fourth-order valence-corrected chi connectivity index (χ4v) is 1.76. The summed E-state index contributed by atoms with van der Waals surface area (Å²) in [6, 6.07) is 0. The molecule has 0 heterocycles. The summed E-state index contributed by atoms with van der Waals surface area (Å²) in [4.78, 5) is 10.2. The molecule has 3 heteroatoms. The van der Waals surface area contributed by atoms with Gasteiger partial charge in [-0.1, -0.05) is 64.7 Å². The summed E-state index contributed by atoms with van der Waals surface area (Å²) in [5.74, 6) is -0.658. The molecule has 0 aromatic carbocycles. The average Bonchev–Trinajstić information content (AvgIpc) is 2.20. The van der Waals surface area contributed by atoms with Gasteiger partial charge in [-0.25, -0.2) is 0 Å². The molecule has 16 heavy (non-hydrogen) atoms. The second-order valence-corrected chi connectivity index (χ2v) is 4.33. The third-order valence-electron chi connectivity index (χ3n) is 2.74. The first kappa shape index (κ1) is 18.8. The van der Waals surface area contributed by atoms with Crippen LogP contribution in [0, 0.1) is 0 Å². The van der Waals surface area contributed by atoms with Crippen molar-refractivity contribution >= 4 is 35.5 Å². The maximum atomic E-state index is 10.2. The molecule has 0 aliphatic carbocycles. The van der Waals surface area contributed by atoms with Crippen molar-refractivity contribution in [1.82, 2.24) is 0 Å². The van der Waals surface area contributed by atoms with Gasteiger partial charge in [-0.3, -0.25) is 4.79 Å². The van der Waals surface area contributed by atoms with Gasteiger partial charge in [0, 0.05) is 36.0 Å². The van der Waals surface area contributed by atoms with Crippen molar-refractivity contribution in [3.63, 3.8) is 0 Å². The first-order chi connectivity index (χ1) is 7.27. The summed E-state index contributed by atoms with van der Waals surface area (Å²) in [5, 5.41) is 8.44. The Bertz CT molecular complexity index is 149. The summed E-state index contributed by atoms with van der Waals surface area (Å²) >= 11 is 0. The van der Waals surface area contributed by atoms with Crippen LogP contribution in [0.2, 0.25) is 0 Å². The van der Waals surface area contributed by atoms with E-state index in [0.717, 1.165) is 12.8 Å². The topological polar surface area (TPSA) is 37.3 Å². The minimum absolute atomic E-state index is 0. The Morgan fingerprint density at radius 3 is 1.56 bits per heavy atom. The van der Waals surface area contributed by atoms with Gasteiger partial charge in [0.1, 0.15) is 0 Å². The van der Waals surface area contributed by atoms with Crippen LogP contribution < -0.4 is 0 Å². The van der Waals surface area contributed by atoms with Gasteiger partial charge in [0.2, 0.25) is 0 Å². The van der Waals surface area contributed by atoms with Crippen LogP contribution in [0.4, 0.5) is 0 Å². The zero-order chi connectivity index (χ0) is 11.4. The Hall–Kier alpha value is 0.470. The van der Waals surface area contributed by atoms with Crippen LogP contribution >= 0.6 is 0 Å². The van der Waals surface area contributed by atoms with Crippen LogP contribution in [-0.2, 0) is 4.79 Å². The standard InChI is InChI=1S/C13H26O2.Na/c1-2-3-4-5-6-7-8-9-10-11-12-13(14)15;/h2-12H2,1H3,(H,14,15);. The van der Waals surface area contributed by atoms with E-state index in [1.165, 1.54) is 51.4 Å². The van der Waals surface area contributed by atoms with E-state index in [-0.39, 0.29) is 29.6 Å². The number of carboxylic acids is 1. The number of carboxylic acid groups (broad SMARTS) is 1. The third kappa shape index (κ3) is 16.9. The van der Waals surface area contributed by atoms with Gasteiger partial charge in [-0.05, 0) is 6.42 Å². The maximum Gasteiger partial charge on any atom is 0.303 e. The molecular formula is C13H26NaO2. The summed E-state index contributed by atoms with van der Waals surface area (Å²) in [6.45, 7) is 2.24. The smallest absolute Gasteiger partial charge is 0.303 e. The molecule has 0 unspecified atom stereocenters. The predicted molar refractivity (Wildman–Crippen MR) is 69.9 cm³/mol. The van der Waals surface area contributed by atoms with Crippen molar-refractivity contribution in [3.8, 4) is 0 Å². The van der Waals surface area contributed by atoms with E-state index in [0.29, 0.717) is 6.42 Å². The molecule has 0 saturated heterocycles. The number of carbonyl (C=O) groups is 1. The van der Waals surface area contributed by atoms with Crippen molar-refractivity contribution in [2.24, 2.45) is 0 Å². The predicted octanol–water partition coefficient (Wildman–Crippen LogP) is 4.00. The van der Waals surface area contributed by atoms with E-state index in [4.69, 9.17) is 5.11 Å². The average molecular weight is 237 g/mol. The summed E-state index contributed by atoms with van der Waals surface area (Å²) < 4.78 is 0. The van der Waals surface area contributed by atoms with Crippen molar-refractivity contribution in [2.75, 3.05) is 0 Å². The van der Waals surface area contributed by atoms with E-state index < -0.39 is 5.97 Å². The summed E-state index contributed by atoms with van der Waals surface area (Å²) in [7, 11) is 0. The number of hydrogen-bond acceptors (Lipinski definition) is 1. The van der Waals surface area contributed by atoms with Gasteiger partial charge in [0.25, 0.3) is 0 Å². The molecule has 0 fully saturated rings. The van der Waals surface area contributed by atoms with Gasteiger partial charge >= 0.3 is 5.97 Å². The van der Waals surface area contributed by atoms with Crippen LogP contribution in [0.5, 0.6) is 0 Å². The van der Waals surface area contributed by atoms with Crippen LogP contribution in [0.15, 0.2) is 0 Å². The molecule has 1 radical (unpaired) electrons.